The zero-order valence-corrected chi connectivity index (χ0v) is 14.3. The highest BCUT2D eigenvalue weighted by Crippen LogP contribution is 2.25. The number of carbonyl (C=O) groups is 2. The lowest BCUT2D eigenvalue weighted by atomic mass is 10.1. The van der Waals surface area contributed by atoms with Gasteiger partial charge in [0.25, 0.3) is 5.91 Å². The molecule has 0 spiro atoms. The molecule has 0 unspecified atom stereocenters. The Morgan fingerprint density at radius 2 is 2.08 bits per heavy atom. The van der Waals surface area contributed by atoms with E-state index in [2.05, 4.69) is 10.4 Å². The number of aryl methyl sites for hydroxylation is 1. The van der Waals surface area contributed by atoms with E-state index in [9.17, 15) is 14.7 Å². The van der Waals surface area contributed by atoms with Crippen molar-refractivity contribution in [3.63, 3.8) is 0 Å². The Morgan fingerprint density at radius 1 is 1.28 bits per heavy atom. The summed E-state index contributed by atoms with van der Waals surface area (Å²) in [7, 11) is 3.17. The van der Waals surface area contributed by atoms with Crippen LogP contribution in [0.2, 0.25) is 0 Å². The zero-order valence-electron chi connectivity index (χ0n) is 13.5. The highest BCUT2D eigenvalue weighted by atomic mass is 32.1. The van der Waals surface area contributed by atoms with Gasteiger partial charge in [-0.3, -0.25) is 9.48 Å². The first-order valence-corrected chi connectivity index (χ1v) is 8.23. The smallest absolute Gasteiger partial charge is 0.339 e. The van der Waals surface area contributed by atoms with Crippen LogP contribution in [-0.2, 0) is 7.05 Å². The fourth-order valence-electron chi connectivity index (χ4n) is 2.41. The first-order chi connectivity index (χ1) is 12.0. The molecule has 0 aliphatic heterocycles. The van der Waals surface area contributed by atoms with Gasteiger partial charge in [0.15, 0.2) is 5.82 Å². The summed E-state index contributed by atoms with van der Waals surface area (Å²) < 4.78 is 6.67. The number of methoxy groups -OCH3 is 1. The largest absolute Gasteiger partial charge is 0.496 e. The molecule has 128 valence electrons. The van der Waals surface area contributed by atoms with Crippen LogP contribution in [0.3, 0.4) is 0 Å². The number of hydrogen-bond acceptors (Lipinski definition) is 5. The average molecular weight is 357 g/mol. The van der Waals surface area contributed by atoms with Crippen LogP contribution in [0.5, 0.6) is 5.75 Å². The third kappa shape index (κ3) is 3.38. The van der Waals surface area contributed by atoms with Crippen molar-refractivity contribution in [1.82, 2.24) is 9.78 Å². The van der Waals surface area contributed by atoms with Gasteiger partial charge in [0.05, 0.1) is 12.8 Å². The second-order valence-electron chi connectivity index (χ2n) is 5.22. The number of carboxylic acids is 1. The van der Waals surface area contributed by atoms with E-state index in [0.29, 0.717) is 5.82 Å². The van der Waals surface area contributed by atoms with E-state index in [1.165, 1.54) is 25.3 Å². The van der Waals surface area contributed by atoms with Crippen molar-refractivity contribution in [3.8, 4) is 17.0 Å². The van der Waals surface area contributed by atoms with E-state index >= 15 is 0 Å². The molecule has 0 aliphatic rings. The van der Waals surface area contributed by atoms with Crippen molar-refractivity contribution in [1.29, 1.82) is 0 Å². The van der Waals surface area contributed by atoms with Gasteiger partial charge < -0.3 is 15.2 Å². The standard InChI is InChI=1S/C17H15N3O4S/c1-20-13(11-5-6-25-9-11)8-15(19-20)18-16(21)10-3-4-14(24-2)12(7-10)17(22)23/h3-9H,1-2H3,(H,22,23)(H,18,19,21). The molecule has 7 nitrogen and oxygen atoms in total. The summed E-state index contributed by atoms with van der Waals surface area (Å²) in [5, 5.41) is 20.1. The number of carboxylic acid groups (broad SMARTS) is 1. The van der Waals surface area contributed by atoms with Crippen molar-refractivity contribution in [2.45, 2.75) is 0 Å². The van der Waals surface area contributed by atoms with E-state index in [-0.39, 0.29) is 16.9 Å². The Labute approximate surface area is 147 Å². The lowest BCUT2D eigenvalue weighted by Gasteiger charge is -2.07. The van der Waals surface area contributed by atoms with Gasteiger partial charge in [0.1, 0.15) is 11.3 Å². The van der Waals surface area contributed by atoms with Crippen LogP contribution in [0.4, 0.5) is 5.82 Å². The van der Waals surface area contributed by atoms with E-state index in [1.54, 1.807) is 29.1 Å². The highest BCUT2D eigenvalue weighted by molar-refractivity contribution is 7.08. The van der Waals surface area contributed by atoms with Gasteiger partial charge in [-0.15, -0.1) is 0 Å². The van der Waals surface area contributed by atoms with Crippen molar-refractivity contribution in [2.24, 2.45) is 7.05 Å². The van der Waals surface area contributed by atoms with E-state index in [1.807, 2.05) is 16.8 Å². The molecule has 0 atom stereocenters. The Hall–Kier alpha value is -3.13. The second-order valence-corrected chi connectivity index (χ2v) is 6.00. The number of aromatic nitrogens is 2. The van der Waals surface area contributed by atoms with Gasteiger partial charge in [0, 0.05) is 29.6 Å². The molecule has 2 aromatic heterocycles. The summed E-state index contributed by atoms with van der Waals surface area (Å²) in [5.74, 6) is -1.02. The van der Waals surface area contributed by atoms with Crippen LogP contribution in [0.25, 0.3) is 11.3 Å². The molecule has 0 bridgehead atoms. The summed E-state index contributed by atoms with van der Waals surface area (Å²) >= 11 is 1.57. The van der Waals surface area contributed by atoms with Gasteiger partial charge >= 0.3 is 5.97 Å². The van der Waals surface area contributed by atoms with Gasteiger partial charge in [-0.1, -0.05) is 0 Å². The minimum absolute atomic E-state index is 0.0740. The fourth-order valence-corrected chi connectivity index (χ4v) is 3.06. The number of amides is 1. The number of aromatic carboxylic acids is 1. The van der Waals surface area contributed by atoms with Crippen molar-refractivity contribution >= 4 is 29.0 Å². The quantitative estimate of drug-likeness (QED) is 0.732. The van der Waals surface area contributed by atoms with Crippen molar-refractivity contribution in [3.05, 3.63) is 52.2 Å². The molecule has 0 aliphatic carbocycles. The maximum absolute atomic E-state index is 12.4. The number of carbonyl (C=O) groups excluding carboxylic acids is 1. The van der Waals surface area contributed by atoms with Crippen LogP contribution in [-0.4, -0.2) is 33.9 Å². The van der Waals surface area contributed by atoms with Gasteiger partial charge in [-0.2, -0.15) is 16.4 Å². The Bertz CT molecular complexity index is 932. The summed E-state index contributed by atoms with van der Waals surface area (Å²) in [4.78, 5) is 23.7. The third-order valence-electron chi connectivity index (χ3n) is 3.63. The zero-order chi connectivity index (χ0) is 18.0. The molecule has 3 aromatic rings. The number of rotatable bonds is 5. The molecule has 8 heteroatoms. The summed E-state index contributed by atoms with van der Waals surface area (Å²) in [6, 6.07) is 7.97. The number of nitrogens with one attached hydrogen (secondary N) is 1. The van der Waals surface area contributed by atoms with Gasteiger partial charge in [-0.05, 0) is 29.6 Å². The molecular formula is C17H15N3O4S. The SMILES string of the molecule is COc1ccc(C(=O)Nc2cc(-c3ccsc3)n(C)n2)cc1C(=O)O. The first-order valence-electron chi connectivity index (χ1n) is 7.29. The molecular weight excluding hydrogens is 342 g/mol. The summed E-state index contributed by atoms with van der Waals surface area (Å²) in [5.41, 5.74) is 2.02. The van der Waals surface area contributed by atoms with Crippen molar-refractivity contribution in [2.75, 3.05) is 12.4 Å². The second kappa shape index (κ2) is 6.78. The predicted octanol–water partition coefficient (Wildman–Crippen LogP) is 3.11. The number of ether oxygens (including phenoxy) is 1. The molecule has 25 heavy (non-hydrogen) atoms. The van der Waals surface area contributed by atoms with Crippen LogP contribution >= 0.6 is 11.3 Å². The molecule has 3 rings (SSSR count). The molecule has 1 amide bonds. The van der Waals surface area contributed by atoms with E-state index in [4.69, 9.17) is 4.74 Å². The minimum Gasteiger partial charge on any atom is -0.496 e. The third-order valence-corrected chi connectivity index (χ3v) is 4.31. The lowest BCUT2D eigenvalue weighted by molar-refractivity contribution is 0.0693. The maximum atomic E-state index is 12.4. The monoisotopic (exact) mass is 357 g/mol. The molecule has 2 N–H and O–H groups in total. The lowest BCUT2D eigenvalue weighted by Crippen LogP contribution is -2.14. The topological polar surface area (TPSA) is 93.5 Å². The molecule has 1 aromatic carbocycles. The fraction of sp³-hybridized carbons (Fsp3) is 0.118. The first kappa shape index (κ1) is 16.7. The predicted molar refractivity (Wildman–Crippen MR) is 94.4 cm³/mol. The van der Waals surface area contributed by atoms with Crippen LogP contribution < -0.4 is 10.1 Å². The maximum Gasteiger partial charge on any atom is 0.339 e. The number of anilines is 1. The Kier molecular flexibility index (Phi) is 4.53. The minimum atomic E-state index is -1.16. The van der Waals surface area contributed by atoms with Crippen LogP contribution in [0.1, 0.15) is 20.7 Å². The molecule has 0 fully saturated rings. The van der Waals surface area contributed by atoms with Gasteiger partial charge in [-0.25, -0.2) is 4.79 Å². The molecule has 0 saturated carbocycles. The average Bonchev–Trinajstić information content (AvgIpc) is 3.23. The number of benzene rings is 1. The van der Waals surface area contributed by atoms with Crippen molar-refractivity contribution < 1.29 is 19.4 Å². The van der Waals surface area contributed by atoms with Crippen LogP contribution in [0.15, 0.2) is 41.1 Å². The molecule has 0 radical (unpaired) electrons. The Balaban J connectivity index is 1.85. The molecule has 0 saturated heterocycles. The number of nitrogens with zero attached hydrogens (tertiary/aromatic N) is 2. The van der Waals surface area contributed by atoms with Gasteiger partial charge in [0.2, 0.25) is 0 Å². The van der Waals surface area contributed by atoms with E-state index in [0.717, 1.165) is 11.3 Å². The summed E-state index contributed by atoms with van der Waals surface area (Å²) in [6.07, 6.45) is 0. The summed E-state index contributed by atoms with van der Waals surface area (Å²) in [6.45, 7) is 0. The van der Waals surface area contributed by atoms with Crippen LogP contribution in [0, 0.1) is 0 Å². The number of thiophene rings is 1. The Morgan fingerprint density at radius 3 is 2.72 bits per heavy atom. The highest BCUT2D eigenvalue weighted by Gasteiger charge is 2.16. The molecule has 2 heterocycles. The van der Waals surface area contributed by atoms with E-state index < -0.39 is 11.9 Å². The number of hydrogen-bond donors (Lipinski definition) is 2. The normalized spacial score (nSPS) is 10.5.